The van der Waals surface area contributed by atoms with Gasteiger partial charge in [-0.25, -0.2) is 4.98 Å². The van der Waals surface area contributed by atoms with Gasteiger partial charge in [-0.05, 0) is 32.2 Å². The summed E-state index contributed by atoms with van der Waals surface area (Å²) in [6.07, 6.45) is 6.18. The van der Waals surface area contributed by atoms with Crippen LogP contribution in [0.4, 0.5) is 0 Å². The minimum Gasteiger partial charge on any atom is -0.314 e. The highest BCUT2D eigenvalue weighted by atomic mass is 15.3. The smallest absolute Gasteiger partial charge is 0.138 e. The molecule has 1 aromatic rings. The Bertz CT molecular complexity index is 321. The summed E-state index contributed by atoms with van der Waals surface area (Å²) in [6, 6.07) is 0.543. The first kappa shape index (κ1) is 15.2. The number of aryl methyl sites for hydroxylation is 1. The molecule has 2 atom stereocenters. The van der Waals surface area contributed by atoms with Crippen LogP contribution in [-0.2, 0) is 13.0 Å². The van der Waals surface area contributed by atoms with E-state index in [4.69, 9.17) is 0 Å². The molecule has 0 bridgehead atoms. The molecule has 1 aromatic heterocycles. The molecule has 0 fully saturated rings. The van der Waals surface area contributed by atoms with Crippen LogP contribution in [0.15, 0.2) is 6.33 Å². The van der Waals surface area contributed by atoms with Crippen molar-refractivity contribution in [1.29, 1.82) is 0 Å². The van der Waals surface area contributed by atoms with Gasteiger partial charge in [0.05, 0.1) is 0 Å². The molecule has 0 aliphatic carbocycles. The van der Waals surface area contributed by atoms with Gasteiger partial charge in [-0.1, -0.05) is 27.2 Å². The monoisotopic (exact) mass is 252 g/mol. The summed E-state index contributed by atoms with van der Waals surface area (Å²) >= 11 is 0. The predicted molar refractivity (Wildman–Crippen MR) is 75.6 cm³/mol. The summed E-state index contributed by atoms with van der Waals surface area (Å²) in [5, 5.41) is 7.89. The zero-order chi connectivity index (χ0) is 13.4. The van der Waals surface area contributed by atoms with Crippen LogP contribution in [0.5, 0.6) is 0 Å². The number of hydrogen-bond acceptors (Lipinski definition) is 3. The van der Waals surface area contributed by atoms with Crippen LogP contribution in [0, 0.1) is 5.92 Å². The van der Waals surface area contributed by atoms with Gasteiger partial charge in [0.1, 0.15) is 12.2 Å². The molecule has 2 unspecified atom stereocenters. The van der Waals surface area contributed by atoms with Crippen molar-refractivity contribution in [2.45, 2.75) is 66.0 Å². The van der Waals surface area contributed by atoms with Crippen LogP contribution in [0.3, 0.4) is 0 Å². The number of nitrogens with zero attached hydrogens (tertiary/aromatic N) is 3. The van der Waals surface area contributed by atoms with Gasteiger partial charge in [0.25, 0.3) is 0 Å². The molecule has 4 heteroatoms. The van der Waals surface area contributed by atoms with Gasteiger partial charge in [-0.15, -0.1) is 0 Å². The van der Waals surface area contributed by atoms with Gasteiger partial charge in [0.15, 0.2) is 0 Å². The van der Waals surface area contributed by atoms with E-state index in [0.29, 0.717) is 12.0 Å². The van der Waals surface area contributed by atoms with Gasteiger partial charge in [-0.2, -0.15) is 5.10 Å². The highest BCUT2D eigenvalue weighted by molar-refractivity contribution is 4.89. The van der Waals surface area contributed by atoms with Gasteiger partial charge in [0, 0.05) is 19.0 Å². The summed E-state index contributed by atoms with van der Waals surface area (Å²) in [5.74, 6) is 1.77. The van der Waals surface area contributed by atoms with Crippen molar-refractivity contribution in [3.63, 3.8) is 0 Å². The van der Waals surface area contributed by atoms with Crippen LogP contribution in [0.25, 0.3) is 0 Å². The molecule has 0 aliphatic rings. The normalized spacial score (nSPS) is 14.7. The van der Waals surface area contributed by atoms with Crippen molar-refractivity contribution >= 4 is 0 Å². The summed E-state index contributed by atoms with van der Waals surface area (Å²) < 4.78 is 2.05. The van der Waals surface area contributed by atoms with E-state index >= 15 is 0 Å². The molecule has 0 aliphatic heterocycles. The first-order valence-electron chi connectivity index (χ1n) is 7.32. The van der Waals surface area contributed by atoms with E-state index in [2.05, 4.69) is 47.8 Å². The zero-order valence-electron chi connectivity index (χ0n) is 12.3. The fraction of sp³-hybridized carbons (Fsp3) is 0.857. The average molecular weight is 252 g/mol. The minimum atomic E-state index is 0.543. The van der Waals surface area contributed by atoms with Gasteiger partial charge < -0.3 is 5.32 Å². The molecule has 0 radical (unpaired) electrons. The standard InChI is InChI=1S/C14H28N4/c1-5-8-15-12(4)13(7-3)10-14-16-11-17-18(14)9-6-2/h11-13,15H,5-10H2,1-4H3. The Morgan fingerprint density at radius 1 is 1.28 bits per heavy atom. The van der Waals surface area contributed by atoms with Crippen molar-refractivity contribution in [3.05, 3.63) is 12.2 Å². The third kappa shape index (κ3) is 4.41. The molecular weight excluding hydrogens is 224 g/mol. The molecule has 0 aromatic carbocycles. The second-order valence-corrected chi connectivity index (χ2v) is 5.01. The molecule has 0 spiro atoms. The fourth-order valence-electron chi connectivity index (χ4n) is 2.29. The van der Waals surface area contributed by atoms with Crippen molar-refractivity contribution in [3.8, 4) is 0 Å². The number of rotatable bonds is 9. The first-order chi connectivity index (χ1) is 8.72. The van der Waals surface area contributed by atoms with Crippen LogP contribution < -0.4 is 5.32 Å². The lowest BCUT2D eigenvalue weighted by Gasteiger charge is -2.23. The maximum atomic E-state index is 4.41. The van der Waals surface area contributed by atoms with Crippen molar-refractivity contribution in [2.75, 3.05) is 6.54 Å². The molecule has 0 saturated heterocycles. The van der Waals surface area contributed by atoms with E-state index in [1.807, 2.05) is 0 Å². The lowest BCUT2D eigenvalue weighted by Crippen LogP contribution is -2.35. The van der Waals surface area contributed by atoms with E-state index < -0.39 is 0 Å². The van der Waals surface area contributed by atoms with Gasteiger partial charge in [-0.3, -0.25) is 4.68 Å². The zero-order valence-corrected chi connectivity index (χ0v) is 12.3. The summed E-state index contributed by atoms with van der Waals surface area (Å²) in [4.78, 5) is 4.41. The predicted octanol–water partition coefficient (Wildman–Crippen LogP) is 2.64. The highest BCUT2D eigenvalue weighted by Crippen LogP contribution is 2.15. The lowest BCUT2D eigenvalue weighted by atomic mass is 9.94. The summed E-state index contributed by atoms with van der Waals surface area (Å²) in [7, 11) is 0. The third-order valence-corrected chi connectivity index (χ3v) is 3.52. The Labute approximate surface area is 111 Å². The summed E-state index contributed by atoms with van der Waals surface area (Å²) in [5.41, 5.74) is 0. The molecule has 1 heterocycles. The minimum absolute atomic E-state index is 0.543. The Kier molecular flexibility index (Phi) is 6.94. The molecule has 1 N–H and O–H groups in total. The molecule has 0 saturated carbocycles. The van der Waals surface area contributed by atoms with Crippen molar-refractivity contribution < 1.29 is 0 Å². The molecule has 18 heavy (non-hydrogen) atoms. The SMILES string of the molecule is CCCNC(C)C(CC)Cc1ncnn1CCC. The fourth-order valence-corrected chi connectivity index (χ4v) is 2.29. The molecular formula is C14H28N4. The average Bonchev–Trinajstić information content (AvgIpc) is 2.81. The quantitative estimate of drug-likeness (QED) is 0.734. The first-order valence-corrected chi connectivity index (χ1v) is 7.32. The number of aromatic nitrogens is 3. The second kappa shape index (κ2) is 8.25. The summed E-state index contributed by atoms with van der Waals surface area (Å²) in [6.45, 7) is 11.0. The lowest BCUT2D eigenvalue weighted by molar-refractivity contribution is 0.350. The van der Waals surface area contributed by atoms with Crippen molar-refractivity contribution in [1.82, 2.24) is 20.1 Å². The largest absolute Gasteiger partial charge is 0.314 e. The molecule has 0 amide bonds. The number of hydrogen-bond donors (Lipinski definition) is 1. The Hall–Kier alpha value is -0.900. The Morgan fingerprint density at radius 2 is 2.06 bits per heavy atom. The maximum Gasteiger partial charge on any atom is 0.138 e. The van der Waals surface area contributed by atoms with E-state index in [-0.39, 0.29) is 0 Å². The van der Waals surface area contributed by atoms with Gasteiger partial charge in [0.2, 0.25) is 0 Å². The van der Waals surface area contributed by atoms with Crippen LogP contribution >= 0.6 is 0 Å². The second-order valence-electron chi connectivity index (χ2n) is 5.01. The van der Waals surface area contributed by atoms with Crippen molar-refractivity contribution in [2.24, 2.45) is 5.92 Å². The van der Waals surface area contributed by atoms with E-state index in [9.17, 15) is 0 Å². The van der Waals surface area contributed by atoms with Crippen LogP contribution in [0.2, 0.25) is 0 Å². The number of nitrogens with one attached hydrogen (secondary N) is 1. The van der Waals surface area contributed by atoms with E-state index in [1.54, 1.807) is 6.33 Å². The van der Waals surface area contributed by atoms with E-state index in [0.717, 1.165) is 31.8 Å². The molecule has 1 rings (SSSR count). The Morgan fingerprint density at radius 3 is 2.67 bits per heavy atom. The highest BCUT2D eigenvalue weighted by Gasteiger charge is 2.18. The maximum absolute atomic E-state index is 4.41. The van der Waals surface area contributed by atoms with E-state index in [1.165, 1.54) is 12.8 Å². The van der Waals surface area contributed by atoms with Crippen LogP contribution in [-0.4, -0.2) is 27.4 Å². The third-order valence-electron chi connectivity index (χ3n) is 3.52. The molecule has 104 valence electrons. The molecule has 4 nitrogen and oxygen atoms in total. The van der Waals surface area contributed by atoms with Gasteiger partial charge >= 0.3 is 0 Å². The Balaban J connectivity index is 2.58. The topological polar surface area (TPSA) is 42.7 Å². The van der Waals surface area contributed by atoms with Crippen LogP contribution in [0.1, 0.15) is 52.8 Å².